The van der Waals surface area contributed by atoms with E-state index in [1.165, 1.54) is 6.07 Å². The van der Waals surface area contributed by atoms with E-state index in [1.807, 2.05) is 38.7 Å². The summed E-state index contributed by atoms with van der Waals surface area (Å²) in [7, 11) is 0. The summed E-state index contributed by atoms with van der Waals surface area (Å²) >= 11 is 1.56. The van der Waals surface area contributed by atoms with Crippen LogP contribution in [0.25, 0.3) is 0 Å². The van der Waals surface area contributed by atoms with E-state index in [9.17, 15) is 14.0 Å². The van der Waals surface area contributed by atoms with Gasteiger partial charge in [-0.1, -0.05) is 6.92 Å². The Morgan fingerprint density at radius 2 is 1.90 bits per heavy atom. The number of thioether (sulfide) groups is 1. The molecule has 0 aromatic heterocycles. The standard InChI is InChI=1S/C22H31FN2O4S/c1-5-30-16-6-7-18(17(23)14-16)28-19-10-13-25(20(19)26)15-8-11-24(12-9-15)21(27)29-22(2,3)4/h6-7,14-15,19H,5,8-13H2,1-4H3. The van der Waals surface area contributed by atoms with Crippen LogP contribution in [-0.2, 0) is 9.53 Å². The van der Waals surface area contributed by atoms with Crippen LogP contribution in [0.4, 0.5) is 9.18 Å². The first-order valence-electron chi connectivity index (χ1n) is 10.6. The summed E-state index contributed by atoms with van der Waals surface area (Å²) in [4.78, 5) is 29.5. The summed E-state index contributed by atoms with van der Waals surface area (Å²) < 4.78 is 25.5. The number of ether oxygens (including phenoxy) is 2. The number of benzene rings is 1. The molecular weight excluding hydrogens is 407 g/mol. The van der Waals surface area contributed by atoms with Gasteiger partial charge in [-0.25, -0.2) is 9.18 Å². The van der Waals surface area contributed by atoms with E-state index < -0.39 is 17.5 Å². The lowest BCUT2D eigenvalue weighted by atomic mass is 10.0. The van der Waals surface area contributed by atoms with E-state index in [1.54, 1.807) is 22.7 Å². The van der Waals surface area contributed by atoms with Crippen LogP contribution in [0.15, 0.2) is 23.1 Å². The largest absolute Gasteiger partial charge is 0.477 e. The van der Waals surface area contributed by atoms with Gasteiger partial charge in [0.2, 0.25) is 0 Å². The highest BCUT2D eigenvalue weighted by Crippen LogP contribution is 2.29. The second-order valence-corrected chi connectivity index (χ2v) is 9.99. The molecular formula is C22H31FN2O4S. The summed E-state index contributed by atoms with van der Waals surface area (Å²) in [6.45, 7) is 9.25. The summed E-state index contributed by atoms with van der Waals surface area (Å²) in [5, 5.41) is 0. The molecule has 166 valence electrons. The normalized spacial score (nSPS) is 20.6. The average Bonchev–Trinajstić information content (AvgIpc) is 3.03. The van der Waals surface area contributed by atoms with E-state index in [-0.39, 0.29) is 23.8 Å². The molecule has 1 unspecified atom stereocenters. The van der Waals surface area contributed by atoms with Gasteiger partial charge in [0.1, 0.15) is 5.60 Å². The maximum absolute atomic E-state index is 14.3. The second kappa shape index (κ2) is 9.45. The molecule has 30 heavy (non-hydrogen) atoms. The molecule has 2 fully saturated rings. The van der Waals surface area contributed by atoms with Crippen molar-refractivity contribution in [2.75, 3.05) is 25.4 Å². The number of piperidine rings is 1. The quantitative estimate of drug-likeness (QED) is 0.641. The van der Waals surface area contributed by atoms with Crippen molar-refractivity contribution < 1.29 is 23.5 Å². The third-order valence-corrected chi connectivity index (χ3v) is 6.11. The van der Waals surface area contributed by atoms with Gasteiger partial charge >= 0.3 is 6.09 Å². The Morgan fingerprint density at radius 3 is 2.50 bits per heavy atom. The molecule has 0 spiro atoms. The van der Waals surface area contributed by atoms with Gasteiger partial charge in [0.15, 0.2) is 17.7 Å². The van der Waals surface area contributed by atoms with Crippen molar-refractivity contribution in [1.29, 1.82) is 0 Å². The molecule has 8 heteroatoms. The maximum Gasteiger partial charge on any atom is 0.410 e. The van der Waals surface area contributed by atoms with Crippen molar-refractivity contribution in [3.8, 4) is 5.75 Å². The molecule has 0 saturated carbocycles. The number of carbonyl (C=O) groups excluding carboxylic acids is 2. The Balaban J connectivity index is 1.53. The predicted molar refractivity (Wildman–Crippen MR) is 114 cm³/mol. The Kier molecular flexibility index (Phi) is 7.16. The van der Waals surface area contributed by atoms with Crippen LogP contribution in [0.5, 0.6) is 5.75 Å². The third kappa shape index (κ3) is 5.59. The topological polar surface area (TPSA) is 59.1 Å². The summed E-state index contributed by atoms with van der Waals surface area (Å²) in [6, 6.07) is 4.93. The number of amides is 2. The van der Waals surface area contributed by atoms with Gasteiger partial charge in [0.05, 0.1) is 0 Å². The summed E-state index contributed by atoms with van der Waals surface area (Å²) in [5.41, 5.74) is -0.522. The monoisotopic (exact) mass is 438 g/mol. The third-order valence-electron chi connectivity index (χ3n) is 5.23. The lowest BCUT2D eigenvalue weighted by molar-refractivity contribution is -0.136. The van der Waals surface area contributed by atoms with Crippen LogP contribution >= 0.6 is 11.8 Å². The number of hydrogen-bond acceptors (Lipinski definition) is 5. The van der Waals surface area contributed by atoms with Crippen molar-refractivity contribution >= 4 is 23.8 Å². The molecule has 0 bridgehead atoms. The number of likely N-dealkylation sites (tertiary alicyclic amines) is 2. The Morgan fingerprint density at radius 1 is 1.20 bits per heavy atom. The van der Waals surface area contributed by atoms with Gasteiger partial charge in [0.25, 0.3) is 5.91 Å². The molecule has 2 amide bonds. The van der Waals surface area contributed by atoms with Crippen LogP contribution in [-0.4, -0.2) is 64.9 Å². The highest BCUT2D eigenvalue weighted by Gasteiger charge is 2.39. The first kappa shape index (κ1) is 22.7. The molecule has 0 radical (unpaired) electrons. The number of nitrogens with zero attached hydrogens (tertiary/aromatic N) is 2. The number of rotatable bonds is 5. The zero-order valence-electron chi connectivity index (χ0n) is 18.2. The van der Waals surface area contributed by atoms with Gasteiger partial charge in [-0.15, -0.1) is 11.8 Å². The predicted octanol–water partition coefficient (Wildman–Crippen LogP) is 4.32. The number of halogens is 1. The van der Waals surface area contributed by atoms with Crippen molar-refractivity contribution in [3.05, 3.63) is 24.0 Å². The Labute approximate surface area is 182 Å². The first-order valence-corrected chi connectivity index (χ1v) is 11.5. The fraction of sp³-hybridized carbons (Fsp3) is 0.636. The summed E-state index contributed by atoms with van der Waals surface area (Å²) in [6.07, 6.45) is 0.975. The minimum atomic E-state index is -0.659. The Bertz CT molecular complexity index is 775. The van der Waals surface area contributed by atoms with Crippen LogP contribution in [0.2, 0.25) is 0 Å². The van der Waals surface area contributed by atoms with E-state index in [4.69, 9.17) is 9.47 Å². The van der Waals surface area contributed by atoms with Gasteiger partial charge in [-0.2, -0.15) is 0 Å². The second-order valence-electron chi connectivity index (χ2n) is 8.65. The minimum Gasteiger partial charge on any atom is -0.477 e. The van der Waals surface area contributed by atoms with Gasteiger partial charge in [0, 0.05) is 37.0 Å². The van der Waals surface area contributed by atoms with Gasteiger partial charge < -0.3 is 19.3 Å². The molecule has 2 aliphatic rings. The number of carbonyl (C=O) groups is 2. The zero-order valence-corrected chi connectivity index (χ0v) is 19.0. The molecule has 2 aliphatic heterocycles. The van der Waals surface area contributed by atoms with Crippen molar-refractivity contribution in [1.82, 2.24) is 9.80 Å². The molecule has 0 N–H and O–H groups in total. The van der Waals surface area contributed by atoms with E-state index in [0.717, 1.165) is 10.6 Å². The molecule has 1 aromatic rings. The highest BCUT2D eigenvalue weighted by molar-refractivity contribution is 7.99. The van der Waals surface area contributed by atoms with E-state index in [0.29, 0.717) is 38.9 Å². The van der Waals surface area contributed by atoms with Gasteiger partial charge in [-0.3, -0.25) is 4.79 Å². The van der Waals surface area contributed by atoms with Crippen LogP contribution in [0.3, 0.4) is 0 Å². The molecule has 2 saturated heterocycles. The van der Waals surface area contributed by atoms with Crippen molar-refractivity contribution in [3.63, 3.8) is 0 Å². The lowest BCUT2D eigenvalue weighted by Gasteiger charge is -2.37. The molecule has 2 heterocycles. The summed E-state index contributed by atoms with van der Waals surface area (Å²) in [5.74, 6) is 0.445. The first-order chi connectivity index (χ1) is 14.2. The smallest absolute Gasteiger partial charge is 0.410 e. The highest BCUT2D eigenvalue weighted by atomic mass is 32.2. The van der Waals surface area contributed by atoms with Crippen LogP contribution < -0.4 is 4.74 Å². The van der Waals surface area contributed by atoms with Crippen molar-refractivity contribution in [2.45, 2.75) is 69.6 Å². The van der Waals surface area contributed by atoms with Crippen molar-refractivity contribution in [2.24, 2.45) is 0 Å². The zero-order chi connectivity index (χ0) is 21.9. The van der Waals surface area contributed by atoms with E-state index >= 15 is 0 Å². The molecule has 1 aromatic carbocycles. The minimum absolute atomic E-state index is 0.0676. The average molecular weight is 439 g/mol. The fourth-order valence-electron chi connectivity index (χ4n) is 3.82. The maximum atomic E-state index is 14.3. The van der Waals surface area contributed by atoms with Gasteiger partial charge in [-0.05, 0) is 57.6 Å². The Hall–Kier alpha value is -1.96. The molecule has 1 atom stereocenters. The lowest BCUT2D eigenvalue weighted by Crippen LogP contribution is -2.49. The van der Waals surface area contributed by atoms with Crippen LogP contribution in [0, 0.1) is 5.82 Å². The fourth-order valence-corrected chi connectivity index (χ4v) is 4.50. The SMILES string of the molecule is CCSc1ccc(OC2CCN(C3CCN(C(=O)OC(C)(C)C)CC3)C2=O)c(F)c1. The van der Waals surface area contributed by atoms with Crippen LogP contribution in [0.1, 0.15) is 47.0 Å². The van der Waals surface area contributed by atoms with E-state index in [2.05, 4.69) is 0 Å². The molecule has 6 nitrogen and oxygen atoms in total. The molecule has 0 aliphatic carbocycles. The number of hydrogen-bond donors (Lipinski definition) is 0. The molecule has 3 rings (SSSR count).